The molecule has 0 atom stereocenters. The van der Waals surface area contributed by atoms with Gasteiger partial charge < -0.3 is 10.4 Å². The van der Waals surface area contributed by atoms with Crippen LogP contribution in [-0.4, -0.2) is 26.7 Å². The van der Waals surface area contributed by atoms with Crippen molar-refractivity contribution in [3.63, 3.8) is 0 Å². The molecule has 1 aromatic heterocycles. The first-order valence-electron chi connectivity index (χ1n) is 5.97. The Hall–Kier alpha value is -2.39. The van der Waals surface area contributed by atoms with E-state index in [0.29, 0.717) is 18.7 Å². The second kappa shape index (κ2) is 5.98. The van der Waals surface area contributed by atoms with E-state index in [9.17, 15) is 0 Å². The maximum atomic E-state index is 8.87. The van der Waals surface area contributed by atoms with Gasteiger partial charge in [-0.15, -0.1) is 5.10 Å². The van der Waals surface area contributed by atoms with Gasteiger partial charge in [-0.1, -0.05) is 11.3 Å². The lowest BCUT2D eigenvalue weighted by atomic mass is 10.1. The highest BCUT2D eigenvalue weighted by Gasteiger charge is 2.03. The van der Waals surface area contributed by atoms with Crippen molar-refractivity contribution >= 4 is 5.69 Å². The molecule has 0 bridgehead atoms. The molecule has 2 rings (SSSR count). The predicted octanol–water partition coefficient (Wildman–Crippen LogP) is 1.06. The fraction of sp³-hybridized carbons (Fsp3) is 0.308. The number of benzene rings is 1. The molecule has 1 aromatic carbocycles. The zero-order chi connectivity index (χ0) is 13.7. The molecule has 0 saturated heterocycles. The van der Waals surface area contributed by atoms with Gasteiger partial charge in [-0.25, -0.2) is 4.68 Å². The molecule has 98 valence electrons. The van der Waals surface area contributed by atoms with Crippen molar-refractivity contribution in [1.82, 2.24) is 15.0 Å². The summed E-state index contributed by atoms with van der Waals surface area (Å²) in [6, 6.07) is 7.62. The fourth-order valence-corrected chi connectivity index (χ4v) is 1.70. The van der Waals surface area contributed by atoms with E-state index in [-0.39, 0.29) is 6.61 Å². The van der Waals surface area contributed by atoms with E-state index in [4.69, 9.17) is 10.4 Å². The highest BCUT2D eigenvalue weighted by Crippen LogP contribution is 2.17. The smallest absolute Gasteiger partial charge is 0.102 e. The Morgan fingerprint density at radius 3 is 3.05 bits per heavy atom. The van der Waals surface area contributed by atoms with Crippen molar-refractivity contribution in [2.75, 3.05) is 11.9 Å². The van der Waals surface area contributed by atoms with Gasteiger partial charge in [0.25, 0.3) is 0 Å². The number of aryl methyl sites for hydroxylation is 1. The van der Waals surface area contributed by atoms with Crippen molar-refractivity contribution in [3.05, 3.63) is 41.2 Å². The number of aliphatic hydroxyl groups is 1. The number of nitrogens with zero attached hydrogens (tertiary/aromatic N) is 4. The third-order valence-electron chi connectivity index (χ3n) is 2.74. The number of aromatic nitrogens is 3. The largest absolute Gasteiger partial charge is 0.394 e. The maximum absolute atomic E-state index is 8.87. The molecule has 2 aromatic rings. The average molecular weight is 257 g/mol. The Kier molecular flexibility index (Phi) is 4.11. The molecule has 19 heavy (non-hydrogen) atoms. The highest BCUT2D eigenvalue weighted by atomic mass is 16.3. The zero-order valence-electron chi connectivity index (χ0n) is 10.7. The first kappa shape index (κ1) is 13.1. The topological polar surface area (TPSA) is 86.8 Å². The van der Waals surface area contributed by atoms with Crippen molar-refractivity contribution in [3.8, 4) is 6.07 Å². The average Bonchev–Trinajstić information content (AvgIpc) is 2.86. The van der Waals surface area contributed by atoms with E-state index < -0.39 is 0 Å². The van der Waals surface area contributed by atoms with Crippen molar-refractivity contribution < 1.29 is 5.11 Å². The summed E-state index contributed by atoms with van der Waals surface area (Å²) in [5.41, 5.74) is 3.39. The predicted molar refractivity (Wildman–Crippen MR) is 70.3 cm³/mol. The molecule has 0 aliphatic heterocycles. The molecule has 0 aliphatic carbocycles. The molecule has 0 aliphatic rings. The standard InChI is InChI=1S/C13H15N5O/c1-10-2-3-11(7-14)6-13(10)15-8-12-9-18(4-5-19)17-16-12/h2-3,6,9,15,19H,4-5,8H2,1H3. The SMILES string of the molecule is Cc1ccc(C#N)cc1NCc1cn(CCO)nn1. The van der Waals surface area contributed by atoms with Gasteiger partial charge in [0.2, 0.25) is 0 Å². The van der Waals surface area contributed by atoms with Crippen LogP contribution in [-0.2, 0) is 13.1 Å². The van der Waals surface area contributed by atoms with Crippen LogP contribution in [0.4, 0.5) is 5.69 Å². The number of hydrogen-bond acceptors (Lipinski definition) is 5. The van der Waals surface area contributed by atoms with Gasteiger partial charge in [0, 0.05) is 5.69 Å². The first-order chi connectivity index (χ1) is 9.22. The van der Waals surface area contributed by atoms with Gasteiger partial charge >= 0.3 is 0 Å². The van der Waals surface area contributed by atoms with Crippen LogP contribution < -0.4 is 5.32 Å². The lowest BCUT2D eigenvalue weighted by Gasteiger charge is -2.07. The van der Waals surface area contributed by atoms with Crippen LogP contribution >= 0.6 is 0 Å². The number of nitriles is 1. The molecule has 0 spiro atoms. The third kappa shape index (κ3) is 3.30. The van der Waals surface area contributed by atoms with Crippen LogP contribution in [0.25, 0.3) is 0 Å². The van der Waals surface area contributed by atoms with E-state index in [2.05, 4.69) is 21.7 Å². The minimum absolute atomic E-state index is 0.0412. The van der Waals surface area contributed by atoms with Gasteiger partial charge in [-0.05, 0) is 24.6 Å². The summed E-state index contributed by atoms with van der Waals surface area (Å²) >= 11 is 0. The lowest BCUT2D eigenvalue weighted by Crippen LogP contribution is -2.03. The highest BCUT2D eigenvalue weighted by molar-refractivity contribution is 5.55. The molecular weight excluding hydrogens is 242 g/mol. The third-order valence-corrected chi connectivity index (χ3v) is 2.74. The van der Waals surface area contributed by atoms with Crippen LogP contribution in [0.5, 0.6) is 0 Å². The molecule has 6 nitrogen and oxygen atoms in total. The Balaban J connectivity index is 2.03. The van der Waals surface area contributed by atoms with Crippen molar-refractivity contribution in [1.29, 1.82) is 5.26 Å². The van der Waals surface area contributed by atoms with Gasteiger partial charge in [0.05, 0.1) is 37.5 Å². The van der Waals surface area contributed by atoms with Gasteiger partial charge in [0.1, 0.15) is 5.69 Å². The van der Waals surface area contributed by atoms with E-state index in [1.165, 1.54) is 0 Å². The van der Waals surface area contributed by atoms with E-state index in [1.54, 1.807) is 16.9 Å². The zero-order valence-corrected chi connectivity index (χ0v) is 10.7. The van der Waals surface area contributed by atoms with Crippen LogP contribution in [0.1, 0.15) is 16.8 Å². The summed E-state index contributed by atoms with van der Waals surface area (Å²) < 4.78 is 1.59. The Bertz CT molecular complexity index is 599. The molecule has 6 heteroatoms. The summed E-state index contributed by atoms with van der Waals surface area (Å²) in [4.78, 5) is 0. The van der Waals surface area contributed by atoms with Crippen molar-refractivity contribution in [2.24, 2.45) is 0 Å². The molecule has 0 unspecified atom stereocenters. The molecule has 1 heterocycles. The van der Waals surface area contributed by atoms with Crippen LogP contribution in [0.2, 0.25) is 0 Å². The van der Waals surface area contributed by atoms with Crippen molar-refractivity contribution in [2.45, 2.75) is 20.0 Å². The number of aliphatic hydroxyl groups excluding tert-OH is 1. The summed E-state index contributed by atoms with van der Waals surface area (Å²) in [5.74, 6) is 0. The Labute approximate surface area is 111 Å². The first-order valence-corrected chi connectivity index (χ1v) is 5.97. The molecular formula is C13H15N5O. The maximum Gasteiger partial charge on any atom is 0.102 e. The summed E-state index contributed by atoms with van der Waals surface area (Å²) in [5, 5.41) is 28.8. The molecule has 0 radical (unpaired) electrons. The second-order valence-electron chi connectivity index (χ2n) is 4.19. The Morgan fingerprint density at radius 1 is 1.47 bits per heavy atom. The fourth-order valence-electron chi connectivity index (χ4n) is 1.70. The van der Waals surface area contributed by atoms with Crippen LogP contribution in [0.15, 0.2) is 24.4 Å². The number of anilines is 1. The summed E-state index contributed by atoms with van der Waals surface area (Å²) in [7, 11) is 0. The van der Waals surface area contributed by atoms with Gasteiger partial charge in [0.15, 0.2) is 0 Å². The number of hydrogen-bond donors (Lipinski definition) is 2. The minimum Gasteiger partial charge on any atom is -0.394 e. The van der Waals surface area contributed by atoms with E-state index in [1.807, 2.05) is 19.1 Å². The van der Waals surface area contributed by atoms with Gasteiger partial charge in [-0.3, -0.25) is 0 Å². The van der Waals surface area contributed by atoms with Crippen LogP contribution in [0.3, 0.4) is 0 Å². The van der Waals surface area contributed by atoms with E-state index in [0.717, 1.165) is 16.9 Å². The molecule has 0 fully saturated rings. The lowest BCUT2D eigenvalue weighted by molar-refractivity contribution is 0.268. The quantitative estimate of drug-likeness (QED) is 0.836. The molecule has 0 saturated carbocycles. The minimum atomic E-state index is 0.0412. The Morgan fingerprint density at radius 2 is 2.32 bits per heavy atom. The summed E-state index contributed by atoms with van der Waals surface area (Å²) in [6.07, 6.45) is 1.78. The van der Waals surface area contributed by atoms with E-state index >= 15 is 0 Å². The van der Waals surface area contributed by atoms with Crippen LogP contribution in [0, 0.1) is 18.3 Å². The van der Waals surface area contributed by atoms with Gasteiger partial charge in [-0.2, -0.15) is 5.26 Å². The number of rotatable bonds is 5. The summed E-state index contributed by atoms with van der Waals surface area (Å²) in [6.45, 7) is 2.99. The molecule has 2 N–H and O–H groups in total. The second-order valence-corrected chi connectivity index (χ2v) is 4.19. The number of nitrogens with one attached hydrogen (secondary N) is 1. The normalized spacial score (nSPS) is 10.2. The monoisotopic (exact) mass is 257 g/mol. The molecule has 0 amide bonds.